The van der Waals surface area contributed by atoms with Gasteiger partial charge in [-0.2, -0.15) is 0 Å². The molecule has 2 unspecified atom stereocenters. The molecule has 100 valence electrons. The van der Waals surface area contributed by atoms with Crippen LogP contribution in [0.15, 0.2) is 18.2 Å². The quantitative estimate of drug-likeness (QED) is 0.616. The third-order valence-electron chi connectivity index (χ3n) is 2.57. The van der Waals surface area contributed by atoms with Gasteiger partial charge in [-0.3, -0.25) is 10.1 Å². The maximum absolute atomic E-state index is 10.9. The molecule has 2 atom stereocenters. The van der Waals surface area contributed by atoms with Gasteiger partial charge in [-0.1, -0.05) is 11.6 Å². The van der Waals surface area contributed by atoms with Gasteiger partial charge < -0.3 is 10.4 Å². The van der Waals surface area contributed by atoms with Crippen molar-refractivity contribution in [3.63, 3.8) is 0 Å². The first-order valence-corrected chi connectivity index (χ1v) is 6.12. The SMILES string of the molecule is CC(O)CC(C)NCc1cc(Cl)ccc1[N+](=O)[O-]. The summed E-state index contributed by atoms with van der Waals surface area (Å²) in [7, 11) is 0. The summed E-state index contributed by atoms with van der Waals surface area (Å²) in [6.45, 7) is 3.98. The molecule has 0 bridgehead atoms. The summed E-state index contributed by atoms with van der Waals surface area (Å²) in [6.07, 6.45) is 0.191. The van der Waals surface area contributed by atoms with Gasteiger partial charge in [-0.25, -0.2) is 0 Å². The maximum atomic E-state index is 10.9. The van der Waals surface area contributed by atoms with E-state index < -0.39 is 11.0 Å². The van der Waals surface area contributed by atoms with Crippen LogP contribution in [-0.2, 0) is 6.54 Å². The molecule has 1 rings (SSSR count). The third kappa shape index (κ3) is 4.60. The molecule has 0 aliphatic carbocycles. The Morgan fingerprint density at radius 1 is 1.50 bits per heavy atom. The lowest BCUT2D eigenvalue weighted by Gasteiger charge is -2.15. The molecule has 0 heterocycles. The number of hydrogen-bond acceptors (Lipinski definition) is 4. The summed E-state index contributed by atoms with van der Waals surface area (Å²) in [5.41, 5.74) is 0.598. The minimum absolute atomic E-state index is 0.0520. The van der Waals surface area contributed by atoms with E-state index in [9.17, 15) is 15.2 Å². The van der Waals surface area contributed by atoms with E-state index in [4.69, 9.17) is 11.6 Å². The van der Waals surface area contributed by atoms with Crippen molar-refractivity contribution >= 4 is 17.3 Å². The molecule has 0 aliphatic heterocycles. The van der Waals surface area contributed by atoms with Crippen molar-refractivity contribution in [2.45, 2.75) is 39.0 Å². The molecule has 0 saturated carbocycles. The van der Waals surface area contributed by atoms with Gasteiger partial charge >= 0.3 is 0 Å². The van der Waals surface area contributed by atoms with Gasteiger partial charge in [0.2, 0.25) is 0 Å². The summed E-state index contributed by atoms with van der Waals surface area (Å²) in [6, 6.07) is 4.56. The Morgan fingerprint density at radius 2 is 2.17 bits per heavy atom. The van der Waals surface area contributed by atoms with Crippen molar-refractivity contribution in [1.29, 1.82) is 0 Å². The van der Waals surface area contributed by atoms with Gasteiger partial charge in [0, 0.05) is 29.2 Å². The normalized spacial score (nSPS) is 14.2. The van der Waals surface area contributed by atoms with E-state index in [1.165, 1.54) is 12.1 Å². The highest BCUT2D eigenvalue weighted by Gasteiger charge is 2.14. The van der Waals surface area contributed by atoms with Crippen LogP contribution in [0.2, 0.25) is 5.02 Å². The molecule has 0 spiro atoms. The molecular weight excluding hydrogens is 256 g/mol. The minimum atomic E-state index is -0.424. The zero-order valence-corrected chi connectivity index (χ0v) is 11.1. The van der Waals surface area contributed by atoms with E-state index in [1.54, 1.807) is 13.0 Å². The highest BCUT2D eigenvalue weighted by molar-refractivity contribution is 6.30. The van der Waals surface area contributed by atoms with Crippen LogP contribution in [0.5, 0.6) is 0 Å². The Bertz CT molecular complexity index is 424. The number of aliphatic hydroxyl groups is 1. The average Bonchev–Trinajstić information content (AvgIpc) is 2.25. The molecule has 0 radical (unpaired) electrons. The fourth-order valence-corrected chi connectivity index (χ4v) is 1.95. The smallest absolute Gasteiger partial charge is 0.273 e. The number of nitrogens with zero attached hydrogens (tertiary/aromatic N) is 1. The van der Waals surface area contributed by atoms with Crippen molar-refractivity contribution in [2.75, 3.05) is 0 Å². The van der Waals surface area contributed by atoms with Crippen LogP contribution in [0.3, 0.4) is 0 Å². The van der Waals surface area contributed by atoms with E-state index in [-0.39, 0.29) is 11.7 Å². The molecule has 0 aromatic heterocycles. The molecule has 0 fully saturated rings. The van der Waals surface area contributed by atoms with E-state index in [0.717, 1.165) is 0 Å². The molecule has 2 N–H and O–H groups in total. The Balaban J connectivity index is 2.71. The highest BCUT2D eigenvalue weighted by Crippen LogP contribution is 2.22. The second-order valence-corrected chi connectivity index (χ2v) is 4.83. The van der Waals surface area contributed by atoms with Gasteiger partial charge in [0.05, 0.1) is 11.0 Å². The standard InChI is InChI=1S/C12H17ClN2O3/c1-8(5-9(2)16)14-7-10-6-11(13)3-4-12(10)15(17)18/h3-4,6,8-9,14,16H,5,7H2,1-2H3. The number of nitro groups is 1. The number of aliphatic hydroxyl groups excluding tert-OH is 1. The fraction of sp³-hybridized carbons (Fsp3) is 0.500. The van der Waals surface area contributed by atoms with Gasteiger partial charge in [0.1, 0.15) is 0 Å². The second-order valence-electron chi connectivity index (χ2n) is 4.40. The first-order valence-electron chi connectivity index (χ1n) is 5.74. The topological polar surface area (TPSA) is 75.4 Å². The first kappa shape index (κ1) is 14.9. The van der Waals surface area contributed by atoms with Crippen molar-refractivity contribution in [3.05, 3.63) is 38.9 Å². The molecule has 0 aliphatic rings. The van der Waals surface area contributed by atoms with Gasteiger partial charge in [-0.05, 0) is 32.4 Å². The number of benzene rings is 1. The van der Waals surface area contributed by atoms with Crippen LogP contribution in [0, 0.1) is 10.1 Å². The zero-order valence-electron chi connectivity index (χ0n) is 10.4. The van der Waals surface area contributed by atoms with Gasteiger partial charge in [0.15, 0.2) is 0 Å². The Morgan fingerprint density at radius 3 is 2.72 bits per heavy atom. The van der Waals surface area contributed by atoms with Gasteiger partial charge in [0.25, 0.3) is 5.69 Å². The molecule has 6 heteroatoms. The van der Waals surface area contributed by atoms with Crippen LogP contribution in [0.25, 0.3) is 0 Å². The maximum Gasteiger partial charge on any atom is 0.273 e. The number of nitrogens with one attached hydrogen (secondary N) is 1. The predicted octanol–water partition coefficient (Wildman–Crippen LogP) is 2.50. The molecule has 1 aromatic carbocycles. The summed E-state index contributed by atoms with van der Waals surface area (Å²) in [4.78, 5) is 10.4. The van der Waals surface area contributed by atoms with Crippen molar-refractivity contribution in [3.8, 4) is 0 Å². The van der Waals surface area contributed by atoms with E-state index in [2.05, 4.69) is 5.32 Å². The molecule has 18 heavy (non-hydrogen) atoms. The molecule has 1 aromatic rings. The van der Waals surface area contributed by atoms with Crippen molar-refractivity contribution in [1.82, 2.24) is 5.32 Å². The molecular formula is C12H17ClN2O3. The molecule has 0 amide bonds. The fourth-order valence-electron chi connectivity index (χ4n) is 1.75. The van der Waals surface area contributed by atoms with Gasteiger partial charge in [-0.15, -0.1) is 0 Å². The number of rotatable bonds is 6. The van der Waals surface area contributed by atoms with E-state index in [0.29, 0.717) is 23.6 Å². The van der Waals surface area contributed by atoms with Crippen LogP contribution in [0.1, 0.15) is 25.8 Å². The number of halogens is 1. The summed E-state index contributed by atoms with van der Waals surface area (Å²) in [5, 5.41) is 23.7. The highest BCUT2D eigenvalue weighted by atomic mass is 35.5. The lowest BCUT2D eigenvalue weighted by molar-refractivity contribution is -0.385. The summed E-state index contributed by atoms with van der Waals surface area (Å²) < 4.78 is 0. The average molecular weight is 273 g/mol. The van der Waals surface area contributed by atoms with Crippen molar-refractivity contribution < 1.29 is 10.0 Å². The number of hydrogen-bond donors (Lipinski definition) is 2. The Labute approximate surface area is 111 Å². The molecule has 5 nitrogen and oxygen atoms in total. The van der Waals surface area contributed by atoms with Crippen LogP contribution in [0.4, 0.5) is 5.69 Å². The van der Waals surface area contributed by atoms with E-state index >= 15 is 0 Å². The summed E-state index contributed by atoms with van der Waals surface area (Å²) in [5.74, 6) is 0. The Kier molecular flexibility index (Phi) is 5.53. The Hall–Kier alpha value is -1.17. The van der Waals surface area contributed by atoms with Crippen LogP contribution < -0.4 is 5.32 Å². The number of nitro benzene ring substituents is 1. The largest absolute Gasteiger partial charge is 0.393 e. The third-order valence-corrected chi connectivity index (χ3v) is 2.81. The lowest BCUT2D eigenvalue weighted by Crippen LogP contribution is -2.28. The first-order chi connectivity index (χ1) is 8.40. The second kappa shape index (κ2) is 6.68. The lowest BCUT2D eigenvalue weighted by atomic mass is 10.1. The predicted molar refractivity (Wildman–Crippen MR) is 70.7 cm³/mol. The zero-order chi connectivity index (χ0) is 13.7. The summed E-state index contributed by atoms with van der Waals surface area (Å²) >= 11 is 5.83. The van der Waals surface area contributed by atoms with Crippen molar-refractivity contribution in [2.24, 2.45) is 0 Å². The molecule has 0 saturated heterocycles. The monoisotopic (exact) mass is 272 g/mol. The van der Waals surface area contributed by atoms with Crippen LogP contribution in [-0.4, -0.2) is 22.2 Å². The van der Waals surface area contributed by atoms with E-state index in [1.807, 2.05) is 6.92 Å². The van der Waals surface area contributed by atoms with Crippen LogP contribution >= 0.6 is 11.6 Å². The minimum Gasteiger partial charge on any atom is -0.393 e.